The lowest BCUT2D eigenvalue weighted by atomic mass is 10.1. The van der Waals surface area contributed by atoms with Gasteiger partial charge in [-0.1, -0.05) is 24.3 Å². The molecule has 0 atom stereocenters. The quantitative estimate of drug-likeness (QED) is 0.736. The zero-order valence-electron chi connectivity index (χ0n) is 13.4. The summed E-state index contributed by atoms with van der Waals surface area (Å²) in [7, 11) is 2.93. The zero-order chi connectivity index (χ0) is 17.3. The van der Waals surface area contributed by atoms with Gasteiger partial charge in [-0.05, 0) is 6.92 Å². The molecule has 1 aromatic carbocycles. The second kappa shape index (κ2) is 6.07. The fraction of sp³-hybridized carbons (Fsp3) is 0.188. The molecule has 3 rings (SSSR count). The van der Waals surface area contributed by atoms with E-state index in [0.717, 1.165) is 5.39 Å². The number of ether oxygens (including phenoxy) is 1. The molecule has 0 aliphatic rings. The van der Waals surface area contributed by atoms with E-state index in [-0.39, 0.29) is 11.4 Å². The third-order valence-corrected chi connectivity index (χ3v) is 3.74. The van der Waals surface area contributed by atoms with Crippen LogP contribution in [0.4, 0.5) is 5.69 Å². The van der Waals surface area contributed by atoms with Crippen LogP contribution in [0, 0.1) is 6.92 Å². The van der Waals surface area contributed by atoms with Crippen LogP contribution >= 0.6 is 0 Å². The molecule has 0 fully saturated rings. The molecule has 122 valence electrons. The number of nitrogens with zero attached hydrogens (tertiary/aromatic N) is 4. The number of aryl methyl sites for hydroxylation is 1. The summed E-state index contributed by atoms with van der Waals surface area (Å²) in [6.07, 6.45) is 1.58. The van der Waals surface area contributed by atoms with E-state index in [4.69, 9.17) is 4.74 Å². The van der Waals surface area contributed by atoms with Gasteiger partial charge in [0.15, 0.2) is 11.4 Å². The van der Waals surface area contributed by atoms with E-state index in [1.165, 1.54) is 11.8 Å². The van der Waals surface area contributed by atoms with Crippen LogP contribution < -0.4 is 5.32 Å². The molecule has 0 spiro atoms. The highest BCUT2D eigenvalue weighted by molar-refractivity contribution is 6.12. The summed E-state index contributed by atoms with van der Waals surface area (Å²) in [6, 6.07) is 7.30. The lowest BCUT2D eigenvalue weighted by Gasteiger charge is -2.07. The van der Waals surface area contributed by atoms with Crippen molar-refractivity contribution in [2.75, 3.05) is 12.4 Å². The molecule has 1 amide bonds. The highest BCUT2D eigenvalue weighted by Crippen LogP contribution is 2.22. The van der Waals surface area contributed by atoms with Crippen molar-refractivity contribution in [1.29, 1.82) is 0 Å². The van der Waals surface area contributed by atoms with Crippen LogP contribution in [0.15, 0.2) is 30.5 Å². The monoisotopic (exact) mass is 325 g/mol. The minimum Gasteiger partial charge on any atom is -0.464 e. The summed E-state index contributed by atoms with van der Waals surface area (Å²) in [5.41, 5.74) is 1.13. The Hall–Kier alpha value is -3.29. The molecule has 0 aliphatic heterocycles. The average Bonchev–Trinajstić information content (AvgIpc) is 2.88. The maximum atomic E-state index is 12.6. The molecule has 0 aliphatic carbocycles. The van der Waals surface area contributed by atoms with Gasteiger partial charge in [0.2, 0.25) is 0 Å². The second-order valence-corrected chi connectivity index (χ2v) is 5.16. The first-order chi connectivity index (χ1) is 11.5. The Morgan fingerprint density at radius 3 is 2.71 bits per heavy atom. The number of rotatable bonds is 3. The maximum absolute atomic E-state index is 12.6. The fourth-order valence-corrected chi connectivity index (χ4v) is 2.37. The first kappa shape index (κ1) is 15.6. The van der Waals surface area contributed by atoms with Crippen molar-refractivity contribution in [2.24, 2.45) is 7.05 Å². The first-order valence-electron chi connectivity index (χ1n) is 7.16. The molecule has 24 heavy (non-hydrogen) atoms. The minimum atomic E-state index is -0.627. The molecule has 0 bridgehead atoms. The van der Waals surface area contributed by atoms with Crippen molar-refractivity contribution in [2.45, 2.75) is 6.92 Å². The van der Waals surface area contributed by atoms with Crippen molar-refractivity contribution in [3.8, 4) is 0 Å². The number of nitrogens with one attached hydrogen (secondary N) is 1. The Labute approximate surface area is 137 Å². The molecule has 8 nitrogen and oxygen atoms in total. The molecule has 0 saturated heterocycles. The molecule has 2 aromatic heterocycles. The number of fused-ring (bicyclic) bond motifs is 1. The summed E-state index contributed by atoms with van der Waals surface area (Å²) in [6.45, 7) is 1.74. The van der Waals surface area contributed by atoms with Gasteiger partial charge in [-0.25, -0.2) is 4.79 Å². The van der Waals surface area contributed by atoms with E-state index in [0.29, 0.717) is 16.8 Å². The number of hydrogen-bond donors (Lipinski definition) is 1. The third-order valence-electron chi connectivity index (χ3n) is 3.74. The normalized spacial score (nSPS) is 10.6. The first-order valence-corrected chi connectivity index (χ1v) is 7.16. The highest BCUT2D eigenvalue weighted by atomic mass is 16.5. The van der Waals surface area contributed by atoms with Crippen LogP contribution in [-0.4, -0.2) is 39.0 Å². The lowest BCUT2D eigenvalue weighted by Crippen LogP contribution is -2.17. The van der Waals surface area contributed by atoms with Gasteiger partial charge in [-0.2, -0.15) is 10.2 Å². The van der Waals surface area contributed by atoms with E-state index in [1.807, 2.05) is 18.2 Å². The van der Waals surface area contributed by atoms with Gasteiger partial charge in [0.1, 0.15) is 0 Å². The Bertz CT molecular complexity index is 943. The minimum absolute atomic E-state index is 0.0408. The molecule has 2 heterocycles. The van der Waals surface area contributed by atoms with Gasteiger partial charge in [0, 0.05) is 17.8 Å². The van der Waals surface area contributed by atoms with E-state index in [9.17, 15) is 9.59 Å². The van der Waals surface area contributed by atoms with Crippen molar-refractivity contribution in [3.05, 3.63) is 47.5 Å². The Kier molecular flexibility index (Phi) is 3.95. The van der Waals surface area contributed by atoms with E-state index in [2.05, 4.69) is 20.6 Å². The molecule has 0 saturated carbocycles. The number of carbonyl (C=O) groups excluding carboxylic acids is 2. The van der Waals surface area contributed by atoms with Crippen LogP contribution in [-0.2, 0) is 11.8 Å². The molecule has 8 heteroatoms. The number of carbonyl (C=O) groups is 2. The SMILES string of the molecule is COC(=O)c1nn(C)c(C)c1NC(=O)c1nncc2ccccc12. The van der Waals surface area contributed by atoms with Crippen LogP contribution in [0.1, 0.15) is 26.7 Å². The van der Waals surface area contributed by atoms with Gasteiger partial charge in [0.25, 0.3) is 5.91 Å². The van der Waals surface area contributed by atoms with Crippen LogP contribution in [0.5, 0.6) is 0 Å². The van der Waals surface area contributed by atoms with Crippen molar-refractivity contribution >= 4 is 28.3 Å². The van der Waals surface area contributed by atoms with Gasteiger partial charge >= 0.3 is 5.97 Å². The third kappa shape index (κ3) is 2.58. The summed E-state index contributed by atoms with van der Waals surface area (Å²) in [5.74, 6) is -1.10. The van der Waals surface area contributed by atoms with Crippen LogP contribution in [0.25, 0.3) is 10.8 Å². The van der Waals surface area contributed by atoms with E-state index < -0.39 is 11.9 Å². The van der Waals surface area contributed by atoms with Crippen molar-refractivity contribution < 1.29 is 14.3 Å². The number of hydrogen-bond acceptors (Lipinski definition) is 6. The number of anilines is 1. The van der Waals surface area contributed by atoms with Crippen LogP contribution in [0.3, 0.4) is 0 Å². The number of aromatic nitrogens is 4. The number of methoxy groups -OCH3 is 1. The summed E-state index contributed by atoms with van der Waals surface area (Å²) in [4.78, 5) is 24.5. The summed E-state index contributed by atoms with van der Waals surface area (Å²) < 4.78 is 6.21. The molecule has 0 radical (unpaired) electrons. The topological polar surface area (TPSA) is 99.0 Å². The maximum Gasteiger partial charge on any atom is 0.360 e. The van der Waals surface area contributed by atoms with Crippen molar-refractivity contribution in [3.63, 3.8) is 0 Å². The van der Waals surface area contributed by atoms with E-state index >= 15 is 0 Å². The molecular formula is C16H15N5O3. The summed E-state index contributed by atoms with van der Waals surface area (Å²) >= 11 is 0. The Balaban J connectivity index is 2.02. The van der Waals surface area contributed by atoms with Crippen LogP contribution in [0.2, 0.25) is 0 Å². The Morgan fingerprint density at radius 1 is 1.21 bits per heavy atom. The smallest absolute Gasteiger partial charge is 0.360 e. The highest BCUT2D eigenvalue weighted by Gasteiger charge is 2.23. The average molecular weight is 325 g/mol. The summed E-state index contributed by atoms with van der Waals surface area (Å²) in [5, 5.41) is 16.0. The van der Waals surface area contributed by atoms with Crippen molar-refractivity contribution in [1.82, 2.24) is 20.0 Å². The Morgan fingerprint density at radius 2 is 1.96 bits per heavy atom. The number of esters is 1. The van der Waals surface area contributed by atoms with E-state index in [1.54, 1.807) is 26.2 Å². The fourth-order valence-electron chi connectivity index (χ4n) is 2.37. The second-order valence-electron chi connectivity index (χ2n) is 5.16. The van der Waals surface area contributed by atoms with Gasteiger partial charge in [-0.15, -0.1) is 5.10 Å². The molecule has 3 aromatic rings. The number of amides is 1. The van der Waals surface area contributed by atoms with Gasteiger partial charge in [-0.3, -0.25) is 9.48 Å². The molecule has 1 N–H and O–H groups in total. The largest absolute Gasteiger partial charge is 0.464 e. The predicted molar refractivity (Wildman–Crippen MR) is 86.8 cm³/mol. The predicted octanol–water partition coefficient (Wildman–Crippen LogP) is 1.71. The number of benzene rings is 1. The zero-order valence-corrected chi connectivity index (χ0v) is 13.4. The van der Waals surface area contributed by atoms with Gasteiger partial charge < -0.3 is 10.1 Å². The lowest BCUT2D eigenvalue weighted by molar-refractivity contribution is 0.0594. The molecular weight excluding hydrogens is 310 g/mol. The standard InChI is InChI=1S/C16H15N5O3/c1-9-12(14(16(23)24-3)20-21(9)2)18-15(22)13-11-7-5-4-6-10(11)8-17-19-13/h4-8H,1-3H3,(H,18,22). The molecule has 0 unspecified atom stereocenters. The van der Waals surface area contributed by atoms with Gasteiger partial charge in [0.05, 0.1) is 24.7 Å².